The van der Waals surface area contributed by atoms with E-state index in [2.05, 4.69) is 0 Å². The lowest BCUT2D eigenvalue weighted by molar-refractivity contribution is 0.0293. The number of piperidine rings is 1. The zero-order valence-corrected chi connectivity index (χ0v) is 12.6. The average Bonchev–Trinajstić information content (AvgIpc) is 3.18. The smallest absolute Gasteiger partial charge is 0.345 e. The van der Waals surface area contributed by atoms with Gasteiger partial charge in [0.25, 0.3) is 5.91 Å². The van der Waals surface area contributed by atoms with Gasteiger partial charge in [0.15, 0.2) is 0 Å². The molecule has 1 amide bonds. The molecular weight excluding hydrogens is 290 g/mol. The second kappa shape index (κ2) is 6.15. The Morgan fingerprint density at radius 1 is 1.19 bits per heavy atom. The molecule has 3 heterocycles. The number of likely N-dealkylation sites (tertiary alicyclic amines) is 1. The van der Waals surface area contributed by atoms with Crippen LogP contribution in [0.2, 0.25) is 0 Å². The summed E-state index contributed by atoms with van der Waals surface area (Å²) in [7, 11) is 0. The predicted octanol–water partition coefficient (Wildman–Crippen LogP) is 2.48. The van der Waals surface area contributed by atoms with E-state index in [1.807, 2.05) is 4.90 Å². The fourth-order valence-corrected chi connectivity index (χ4v) is 3.99. The van der Waals surface area contributed by atoms with Crippen molar-refractivity contribution >= 4 is 23.2 Å². The molecule has 1 atom stereocenters. The largest absolute Gasteiger partial charge is 0.477 e. The van der Waals surface area contributed by atoms with Gasteiger partial charge in [-0.2, -0.15) is 0 Å². The molecule has 1 N–H and O–H groups in total. The van der Waals surface area contributed by atoms with Crippen LogP contribution in [0.25, 0.3) is 0 Å². The Morgan fingerprint density at radius 2 is 1.90 bits per heavy atom. The topological polar surface area (TPSA) is 66.8 Å². The minimum Gasteiger partial charge on any atom is -0.477 e. The van der Waals surface area contributed by atoms with Crippen molar-refractivity contribution in [3.8, 4) is 0 Å². The standard InChI is InChI=1S/C15H19NO4S/c17-14(12-3-4-13(21-12)15(18)19)16-7-5-10(6-8-16)11-2-1-9-20-11/h3-4,10-11H,1-2,5-9H2,(H,18,19)/t11-/m0/s1. The van der Waals surface area contributed by atoms with E-state index in [1.165, 1.54) is 6.07 Å². The molecule has 1 aromatic heterocycles. The van der Waals surface area contributed by atoms with Crippen LogP contribution in [0.4, 0.5) is 0 Å². The van der Waals surface area contributed by atoms with Crippen LogP contribution in [0.3, 0.4) is 0 Å². The first-order chi connectivity index (χ1) is 10.1. The summed E-state index contributed by atoms with van der Waals surface area (Å²) in [5, 5.41) is 8.92. The zero-order chi connectivity index (χ0) is 14.8. The normalized spacial score (nSPS) is 23.4. The molecule has 0 unspecified atom stereocenters. The molecule has 0 bridgehead atoms. The molecule has 0 saturated carbocycles. The van der Waals surface area contributed by atoms with Gasteiger partial charge in [-0.3, -0.25) is 4.79 Å². The molecule has 2 fully saturated rings. The highest BCUT2D eigenvalue weighted by Gasteiger charge is 2.31. The number of carboxylic acid groups (broad SMARTS) is 1. The lowest BCUT2D eigenvalue weighted by Crippen LogP contribution is -2.40. The van der Waals surface area contributed by atoms with E-state index >= 15 is 0 Å². The van der Waals surface area contributed by atoms with Crippen LogP contribution >= 0.6 is 11.3 Å². The third-order valence-corrected chi connectivity index (χ3v) is 5.41. The molecule has 114 valence electrons. The summed E-state index contributed by atoms with van der Waals surface area (Å²) >= 11 is 1.05. The molecule has 0 aromatic carbocycles. The van der Waals surface area contributed by atoms with Gasteiger partial charge in [0.2, 0.25) is 0 Å². The van der Waals surface area contributed by atoms with Crippen molar-refractivity contribution in [3.05, 3.63) is 21.9 Å². The van der Waals surface area contributed by atoms with Crippen LogP contribution in [0, 0.1) is 5.92 Å². The number of carbonyl (C=O) groups is 2. The van der Waals surface area contributed by atoms with Crippen LogP contribution < -0.4 is 0 Å². The Hall–Kier alpha value is -1.40. The number of ether oxygens (including phenoxy) is 1. The van der Waals surface area contributed by atoms with Crippen molar-refractivity contribution in [1.29, 1.82) is 0 Å². The van der Waals surface area contributed by atoms with E-state index < -0.39 is 5.97 Å². The Balaban J connectivity index is 1.58. The SMILES string of the molecule is O=C(O)c1ccc(C(=O)N2CCC([C@@H]3CCCO3)CC2)s1. The molecule has 2 aliphatic rings. The van der Waals surface area contributed by atoms with E-state index in [0.29, 0.717) is 16.9 Å². The fraction of sp³-hybridized carbons (Fsp3) is 0.600. The number of hydrogen-bond acceptors (Lipinski definition) is 4. The van der Waals surface area contributed by atoms with Crippen LogP contribution in [0.15, 0.2) is 12.1 Å². The maximum absolute atomic E-state index is 12.4. The van der Waals surface area contributed by atoms with Gasteiger partial charge in [-0.1, -0.05) is 0 Å². The summed E-state index contributed by atoms with van der Waals surface area (Å²) in [5.41, 5.74) is 0. The summed E-state index contributed by atoms with van der Waals surface area (Å²) in [5.74, 6) is -0.455. The third kappa shape index (κ3) is 3.11. The molecule has 2 aliphatic heterocycles. The minimum atomic E-state index is -0.976. The van der Waals surface area contributed by atoms with Crippen molar-refractivity contribution in [1.82, 2.24) is 4.90 Å². The summed E-state index contributed by atoms with van der Waals surface area (Å²) in [4.78, 5) is 25.8. The van der Waals surface area contributed by atoms with Gasteiger partial charge in [-0.25, -0.2) is 4.79 Å². The monoisotopic (exact) mass is 309 g/mol. The number of amides is 1. The van der Waals surface area contributed by atoms with Gasteiger partial charge in [0.1, 0.15) is 4.88 Å². The van der Waals surface area contributed by atoms with Crippen molar-refractivity contribution in [2.45, 2.75) is 31.8 Å². The summed E-state index contributed by atoms with van der Waals surface area (Å²) < 4.78 is 5.74. The number of carboxylic acids is 1. The van der Waals surface area contributed by atoms with Crippen LogP contribution in [-0.2, 0) is 4.74 Å². The van der Waals surface area contributed by atoms with E-state index in [1.54, 1.807) is 6.07 Å². The predicted molar refractivity (Wildman–Crippen MR) is 78.9 cm³/mol. The first-order valence-corrected chi connectivity index (χ1v) is 8.21. The van der Waals surface area contributed by atoms with E-state index in [9.17, 15) is 9.59 Å². The lowest BCUT2D eigenvalue weighted by atomic mass is 9.90. The summed E-state index contributed by atoms with van der Waals surface area (Å²) in [6, 6.07) is 3.11. The maximum atomic E-state index is 12.4. The number of nitrogens with zero attached hydrogens (tertiary/aromatic N) is 1. The van der Waals surface area contributed by atoms with Crippen molar-refractivity contribution < 1.29 is 19.4 Å². The lowest BCUT2D eigenvalue weighted by Gasteiger charge is -2.34. The highest BCUT2D eigenvalue weighted by Crippen LogP contribution is 2.30. The molecule has 0 aliphatic carbocycles. The Bertz CT molecular complexity index is 528. The van der Waals surface area contributed by atoms with Crippen molar-refractivity contribution in [2.75, 3.05) is 19.7 Å². The third-order valence-electron chi connectivity index (χ3n) is 4.35. The molecule has 0 spiro atoms. The number of hydrogen-bond donors (Lipinski definition) is 1. The first-order valence-electron chi connectivity index (χ1n) is 7.39. The van der Waals surface area contributed by atoms with Gasteiger partial charge >= 0.3 is 5.97 Å². The Kier molecular flexibility index (Phi) is 4.26. The van der Waals surface area contributed by atoms with E-state index in [0.717, 1.165) is 56.7 Å². The van der Waals surface area contributed by atoms with Gasteiger partial charge in [0.05, 0.1) is 11.0 Å². The van der Waals surface area contributed by atoms with Crippen LogP contribution in [-0.4, -0.2) is 47.7 Å². The summed E-state index contributed by atoms with van der Waals surface area (Å²) in [6.45, 7) is 2.35. The van der Waals surface area contributed by atoms with E-state index in [-0.39, 0.29) is 10.8 Å². The van der Waals surface area contributed by atoms with Crippen molar-refractivity contribution in [2.24, 2.45) is 5.92 Å². The molecule has 0 radical (unpaired) electrons. The number of rotatable bonds is 3. The molecule has 5 nitrogen and oxygen atoms in total. The highest BCUT2D eigenvalue weighted by atomic mass is 32.1. The molecule has 21 heavy (non-hydrogen) atoms. The second-order valence-corrected chi connectivity index (χ2v) is 6.73. The van der Waals surface area contributed by atoms with Crippen LogP contribution in [0.5, 0.6) is 0 Å². The Morgan fingerprint density at radius 3 is 2.48 bits per heavy atom. The average molecular weight is 309 g/mol. The second-order valence-electron chi connectivity index (χ2n) is 5.65. The maximum Gasteiger partial charge on any atom is 0.345 e. The molecule has 2 saturated heterocycles. The number of carbonyl (C=O) groups excluding carboxylic acids is 1. The molecular formula is C15H19NO4S. The zero-order valence-electron chi connectivity index (χ0n) is 11.8. The molecule has 3 rings (SSSR count). The Labute approximate surface area is 127 Å². The first kappa shape index (κ1) is 14.5. The number of thiophene rings is 1. The van der Waals surface area contributed by atoms with Crippen LogP contribution in [0.1, 0.15) is 45.0 Å². The highest BCUT2D eigenvalue weighted by molar-refractivity contribution is 7.15. The fourth-order valence-electron chi connectivity index (χ4n) is 3.17. The number of aromatic carboxylic acids is 1. The van der Waals surface area contributed by atoms with Gasteiger partial charge < -0.3 is 14.7 Å². The van der Waals surface area contributed by atoms with E-state index in [4.69, 9.17) is 9.84 Å². The van der Waals surface area contributed by atoms with Gasteiger partial charge in [-0.15, -0.1) is 11.3 Å². The van der Waals surface area contributed by atoms with Gasteiger partial charge in [-0.05, 0) is 43.7 Å². The summed E-state index contributed by atoms with van der Waals surface area (Å²) in [6.07, 6.45) is 4.63. The molecule has 1 aromatic rings. The van der Waals surface area contributed by atoms with Gasteiger partial charge in [0, 0.05) is 19.7 Å². The quantitative estimate of drug-likeness (QED) is 0.931. The van der Waals surface area contributed by atoms with Crippen molar-refractivity contribution in [3.63, 3.8) is 0 Å². The molecule has 6 heteroatoms. The minimum absolute atomic E-state index is 0.0432.